The highest BCUT2D eigenvalue weighted by molar-refractivity contribution is 14.0. The van der Waals surface area contributed by atoms with Crippen molar-refractivity contribution in [2.75, 3.05) is 18.6 Å². The fourth-order valence-electron chi connectivity index (χ4n) is 2.87. The van der Waals surface area contributed by atoms with Crippen LogP contribution in [0.5, 0.6) is 5.75 Å². The predicted molar refractivity (Wildman–Crippen MR) is 126 cm³/mol. The van der Waals surface area contributed by atoms with Crippen LogP contribution in [0.1, 0.15) is 30.1 Å². The summed E-state index contributed by atoms with van der Waals surface area (Å²) in [5, 5.41) is 15.3. The second-order valence-electron chi connectivity index (χ2n) is 6.65. The predicted octanol–water partition coefficient (Wildman–Crippen LogP) is 2.88. The maximum atomic E-state index is 5.22. The highest BCUT2D eigenvalue weighted by atomic mass is 127. The summed E-state index contributed by atoms with van der Waals surface area (Å²) in [5.41, 5.74) is 1.14. The molecular formula is C19H29IN6OS. The van der Waals surface area contributed by atoms with Crippen LogP contribution in [0.15, 0.2) is 29.3 Å². The molecule has 0 spiro atoms. The first-order chi connectivity index (χ1) is 13.2. The van der Waals surface area contributed by atoms with Crippen LogP contribution in [0.4, 0.5) is 0 Å². The standard InChI is InChI=1S/C19H28N6OS.HI/c1-14-23-24-18(25(14)2)12-21-19(22-16-5-4-10-27-13-16)20-11-15-6-8-17(26-3)9-7-15;/h6-9,16H,4-5,10-13H2,1-3H3,(H2,20,21,22);1H. The number of methoxy groups -OCH3 is 1. The Morgan fingerprint density at radius 1 is 1.32 bits per heavy atom. The molecule has 1 aliphatic rings. The summed E-state index contributed by atoms with van der Waals surface area (Å²) in [5.74, 6) is 5.84. The lowest BCUT2D eigenvalue weighted by molar-refractivity contribution is 0.414. The highest BCUT2D eigenvalue weighted by Crippen LogP contribution is 2.17. The number of guanidine groups is 1. The minimum atomic E-state index is 0. The Labute approximate surface area is 188 Å². The molecule has 28 heavy (non-hydrogen) atoms. The van der Waals surface area contributed by atoms with Crippen LogP contribution < -0.4 is 15.4 Å². The normalized spacial score (nSPS) is 17.0. The van der Waals surface area contributed by atoms with Crippen LogP contribution in [0.3, 0.4) is 0 Å². The number of ether oxygens (including phenoxy) is 1. The number of thioether (sulfide) groups is 1. The van der Waals surface area contributed by atoms with Gasteiger partial charge in [0.1, 0.15) is 11.6 Å². The number of rotatable bonds is 6. The van der Waals surface area contributed by atoms with Crippen LogP contribution in [0.2, 0.25) is 0 Å². The lowest BCUT2D eigenvalue weighted by Gasteiger charge is -2.24. The van der Waals surface area contributed by atoms with Gasteiger partial charge in [-0.1, -0.05) is 12.1 Å². The molecule has 3 rings (SSSR count). The molecule has 0 bridgehead atoms. The molecule has 0 amide bonds. The maximum absolute atomic E-state index is 5.22. The van der Waals surface area contributed by atoms with Crippen molar-refractivity contribution in [3.8, 4) is 5.75 Å². The van der Waals surface area contributed by atoms with Crippen molar-refractivity contribution in [1.29, 1.82) is 0 Å². The van der Waals surface area contributed by atoms with E-state index in [1.807, 2.05) is 54.6 Å². The minimum absolute atomic E-state index is 0. The SMILES string of the molecule is COc1ccc(CN=C(NCc2nnc(C)n2C)NC2CCCSC2)cc1.I. The van der Waals surface area contributed by atoms with Gasteiger partial charge < -0.3 is 19.9 Å². The number of hydrogen-bond acceptors (Lipinski definition) is 5. The minimum Gasteiger partial charge on any atom is -0.497 e. The zero-order chi connectivity index (χ0) is 19.1. The first-order valence-electron chi connectivity index (χ1n) is 9.26. The Morgan fingerprint density at radius 2 is 2.11 bits per heavy atom. The molecule has 1 saturated heterocycles. The van der Waals surface area contributed by atoms with Crippen molar-refractivity contribution in [1.82, 2.24) is 25.4 Å². The Bertz CT molecular complexity index is 758. The molecule has 1 atom stereocenters. The number of aromatic nitrogens is 3. The number of halogens is 1. The lowest BCUT2D eigenvalue weighted by Crippen LogP contribution is -2.45. The van der Waals surface area contributed by atoms with Gasteiger partial charge in [0, 0.05) is 18.8 Å². The van der Waals surface area contributed by atoms with Gasteiger partial charge in [-0.25, -0.2) is 4.99 Å². The van der Waals surface area contributed by atoms with E-state index in [4.69, 9.17) is 9.73 Å². The van der Waals surface area contributed by atoms with Crippen molar-refractivity contribution in [3.05, 3.63) is 41.5 Å². The van der Waals surface area contributed by atoms with Gasteiger partial charge in [-0.05, 0) is 43.2 Å². The largest absolute Gasteiger partial charge is 0.497 e. The first-order valence-corrected chi connectivity index (χ1v) is 10.4. The topological polar surface area (TPSA) is 76.4 Å². The molecule has 0 radical (unpaired) electrons. The number of nitrogens with one attached hydrogen (secondary N) is 2. The van der Waals surface area contributed by atoms with Gasteiger partial charge in [-0.2, -0.15) is 11.8 Å². The van der Waals surface area contributed by atoms with E-state index in [0.717, 1.165) is 34.7 Å². The number of benzene rings is 1. The van der Waals surface area contributed by atoms with E-state index in [1.165, 1.54) is 18.6 Å². The summed E-state index contributed by atoms with van der Waals surface area (Å²) in [4.78, 5) is 4.78. The summed E-state index contributed by atoms with van der Waals surface area (Å²) in [6.07, 6.45) is 2.43. The molecule has 1 aliphatic heterocycles. The van der Waals surface area contributed by atoms with E-state index in [2.05, 4.69) is 20.8 Å². The molecule has 1 aromatic heterocycles. The van der Waals surface area contributed by atoms with Gasteiger partial charge in [0.25, 0.3) is 0 Å². The third-order valence-electron chi connectivity index (χ3n) is 4.68. The number of nitrogens with zero attached hydrogens (tertiary/aromatic N) is 4. The molecule has 2 N–H and O–H groups in total. The second kappa shape index (κ2) is 11.5. The fraction of sp³-hybridized carbons (Fsp3) is 0.526. The third kappa shape index (κ3) is 6.54. The fourth-order valence-corrected chi connectivity index (χ4v) is 3.94. The average Bonchev–Trinajstić information content (AvgIpc) is 3.03. The Balaban J connectivity index is 0.00000280. The molecule has 0 aliphatic carbocycles. The van der Waals surface area contributed by atoms with Crippen molar-refractivity contribution >= 4 is 41.7 Å². The molecule has 1 fully saturated rings. The van der Waals surface area contributed by atoms with E-state index in [0.29, 0.717) is 19.1 Å². The highest BCUT2D eigenvalue weighted by Gasteiger charge is 2.15. The number of hydrogen-bond donors (Lipinski definition) is 2. The maximum Gasteiger partial charge on any atom is 0.192 e. The van der Waals surface area contributed by atoms with Crippen LogP contribution >= 0.6 is 35.7 Å². The molecule has 7 nitrogen and oxygen atoms in total. The van der Waals surface area contributed by atoms with E-state index < -0.39 is 0 Å². The summed E-state index contributed by atoms with van der Waals surface area (Å²) in [6.45, 7) is 3.15. The van der Waals surface area contributed by atoms with Gasteiger partial charge >= 0.3 is 0 Å². The average molecular weight is 516 g/mol. The Hall–Kier alpha value is -1.49. The molecule has 2 aromatic rings. The van der Waals surface area contributed by atoms with Gasteiger partial charge in [0.05, 0.1) is 20.2 Å². The first kappa shape index (κ1) is 22.8. The van der Waals surface area contributed by atoms with Crippen LogP contribution in [0.25, 0.3) is 0 Å². The summed E-state index contributed by atoms with van der Waals surface area (Å²) >= 11 is 2.00. The van der Waals surface area contributed by atoms with Crippen molar-refractivity contribution < 1.29 is 4.74 Å². The van der Waals surface area contributed by atoms with Crippen LogP contribution in [0, 0.1) is 6.92 Å². The van der Waals surface area contributed by atoms with Crippen molar-refractivity contribution in [2.24, 2.45) is 12.0 Å². The van der Waals surface area contributed by atoms with Gasteiger partial charge in [0.15, 0.2) is 11.8 Å². The smallest absolute Gasteiger partial charge is 0.192 e. The molecule has 0 saturated carbocycles. The van der Waals surface area contributed by atoms with E-state index >= 15 is 0 Å². The number of aliphatic imine (C=N–C) groups is 1. The molecule has 2 heterocycles. The second-order valence-corrected chi connectivity index (χ2v) is 7.80. The zero-order valence-electron chi connectivity index (χ0n) is 16.6. The summed E-state index contributed by atoms with van der Waals surface area (Å²) in [7, 11) is 3.65. The van der Waals surface area contributed by atoms with Crippen LogP contribution in [-0.4, -0.2) is 45.4 Å². The quantitative estimate of drug-likeness (QED) is 0.350. The van der Waals surface area contributed by atoms with E-state index in [1.54, 1.807) is 7.11 Å². The molecule has 1 aromatic carbocycles. The Morgan fingerprint density at radius 3 is 2.71 bits per heavy atom. The monoisotopic (exact) mass is 516 g/mol. The van der Waals surface area contributed by atoms with Crippen molar-refractivity contribution in [3.63, 3.8) is 0 Å². The van der Waals surface area contributed by atoms with Gasteiger partial charge in [-0.15, -0.1) is 34.2 Å². The van der Waals surface area contributed by atoms with Gasteiger partial charge in [0.2, 0.25) is 0 Å². The molecule has 1 unspecified atom stereocenters. The van der Waals surface area contributed by atoms with E-state index in [-0.39, 0.29) is 24.0 Å². The molecular weight excluding hydrogens is 487 g/mol. The Kier molecular flexibility index (Phi) is 9.36. The van der Waals surface area contributed by atoms with Gasteiger partial charge in [-0.3, -0.25) is 0 Å². The summed E-state index contributed by atoms with van der Waals surface area (Å²) < 4.78 is 7.21. The zero-order valence-corrected chi connectivity index (χ0v) is 19.8. The van der Waals surface area contributed by atoms with Crippen molar-refractivity contribution in [2.45, 2.75) is 38.9 Å². The van der Waals surface area contributed by atoms with Crippen LogP contribution in [-0.2, 0) is 20.1 Å². The molecule has 9 heteroatoms. The summed E-state index contributed by atoms with van der Waals surface area (Å²) in [6, 6.07) is 8.47. The molecule has 154 valence electrons. The van der Waals surface area contributed by atoms with E-state index in [9.17, 15) is 0 Å². The lowest BCUT2D eigenvalue weighted by atomic mass is 10.2. The third-order valence-corrected chi connectivity index (χ3v) is 5.89. The number of aryl methyl sites for hydroxylation is 1.